The maximum atomic E-state index is 11.7. The Kier molecular flexibility index (Phi) is 4.83. The lowest BCUT2D eigenvalue weighted by Crippen LogP contribution is -2.19. The lowest BCUT2D eigenvalue weighted by Gasteiger charge is -2.11. The van der Waals surface area contributed by atoms with E-state index in [4.69, 9.17) is 0 Å². The van der Waals surface area contributed by atoms with E-state index in [2.05, 4.69) is 28.9 Å². The molecule has 110 valence electrons. The van der Waals surface area contributed by atoms with Gasteiger partial charge in [-0.2, -0.15) is 0 Å². The summed E-state index contributed by atoms with van der Waals surface area (Å²) in [7, 11) is -2.94. The molecule has 5 heteroatoms. The number of hydrogen-bond donors (Lipinski definition) is 1. The number of sulfone groups is 1. The highest BCUT2D eigenvalue weighted by molar-refractivity contribution is 7.91. The quantitative estimate of drug-likeness (QED) is 0.851. The van der Waals surface area contributed by atoms with Crippen molar-refractivity contribution in [2.75, 3.05) is 18.1 Å². The van der Waals surface area contributed by atoms with E-state index in [-0.39, 0.29) is 11.5 Å². The van der Waals surface area contributed by atoms with E-state index in [9.17, 15) is 8.42 Å². The Morgan fingerprint density at radius 2 is 1.95 bits per heavy atom. The van der Waals surface area contributed by atoms with Gasteiger partial charge in [0.25, 0.3) is 0 Å². The van der Waals surface area contributed by atoms with Gasteiger partial charge in [-0.25, -0.2) is 8.42 Å². The molecule has 2 rings (SSSR count). The van der Waals surface area contributed by atoms with Gasteiger partial charge < -0.3 is 9.88 Å². The Labute approximate surface area is 120 Å². The third-order valence-corrected chi connectivity index (χ3v) is 5.20. The highest BCUT2D eigenvalue weighted by atomic mass is 32.2. The van der Waals surface area contributed by atoms with Crippen LogP contribution in [-0.4, -0.2) is 31.0 Å². The number of rotatable bonds is 7. The number of aryl methyl sites for hydroxylation is 1. The minimum atomic E-state index is -2.94. The summed E-state index contributed by atoms with van der Waals surface area (Å²) in [6.07, 6.45) is 0. The van der Waals surface area contributed by atoms with E-state index in [0.29, 0.717) is 6.54 Å². The molecule has 1 N–H and O–H groups in total. The van der Waals surface area contributed by atoms with Crippen molar-refractivity contribution in [2.45, 2.75) is 26.9 Å². The molecule has 0 unspecified atom stereocenters. The molecule has 20 heavy (non-hydrogen) atoms. The fourth-order valence-corrected chi connectivity index (χ4v) is 3.06. The SMILES string of the molecule is CCNCc1cc2ccccc2n1CCS(=O)(=O)CC. The molecule has 0 spiro atoms. The fraction of sp³-hybridized carbons (Fsp3) is 0.467. The van der Waals surface area contributed by atoms with Crippen LogP contribution in [0.1, 0.15) is 19.5 Å². The fourth-order valence-electron chi connectivity index (χ4n) is 2.31. The van der Waals surface area contributed by atoms with E-state index in [0.717, 1.165) is 29.7 Å². The molecule has 0 aliphatic heterocycles. The van der Waals surface area contributed by atoms with Crippen molar-refractivity contribution in [3.05, 3.63) is 36.0 Å². The molecule has 4 nitrogen and oxygen atoms in total. The molecule has 0 saturated carbocycles. The van der Waals surface area contributed by atoms with Crippen LogP contribution in [0.4, 0.5) is 0 Å². The molecule has 0 radical (unpaired) electrons. The maximum Gasteiger partial charge on any atom is 0.151 e. The van der Waals surface area contributed by atoms with Gasteiger partial charge in [0.15, 0.2) is 9.84 Å². The third-order valence-electron chi connectivity index (χ3n) is 3.52. The monoisotopic (exact) mass is 294 g/mol. The summed E-state index contributed by atoms with van der Waals surface area (Å²) in [5.41, 5.74) is 2.24. The Morgan fingerprint density at radius 3 is 2.65 bits per heavy atom. The molecular weight excluding hydrogens is 272 g/mol. The molecule has 0 atom stereocenters. The standard InChI is InChI=1S/C15H22N2O2S/c1-3-16-12-14-11-13-7-5-6-8-15(13)17(14)9-10-20(18,19)4-2/h5-8,11,16H,3-4,9-10,12H2,1-2H3. The van der Waals surface area contributed by atoms with E-state index >= 15 is 0 Å². The van der Waals surface area contributed by atoms with Crippen LogP contribution in [0.3, 0.4) is 0 Å². The van der Waals surface area contributed by atoms with E-state index in [1.165, 1.54) is 0 Å². The average molecular weight is 294 g/mol. The average Bonchev–Trinajstić information content (AvgIpc) is 2.80. The predicted octanol–water partition coefficient (Wildman–Crippen LogP) is 2.19. The highest BCUT2D eigenvalue weighted by Crippen LogP contribution is 2.20. The number of nitrogens with zero attached hydrogens (tertiary/aromatic N) is 1. The normalized spacial score (nSPS) is 12.1. The summed E-state index contributed by atoms with van der Waals surface area (Å²) >= 11 is 0. The highest BCUT2D eigenvalue weighted by Gasteiger charge is 2.12. The summed E-state index contributed by atoms with van der Waals surface area (Å²) < 4.78 is 25.6. The van der Waals surface area contributed by atoms with Crippen molar-refractivity contribution in [3.63, 3.8) is 0 Å². The molecule has 0 saturated heterocycles. The molecule has 0 aliphatic rings. The Hall–Kier alpha value is -1.33. The second-order valence-electron chi connectivity index (χ2n) is 4.86. The largest absolute Gasteiger partial charge is 0.342 e. The lowest BCUT2D eigenvalue weighted by molar-refractivity contribution is 0.587. The van der Waals surface area contributed by atoms with Gasteiger partial charge in [-0.1, -0.05) is 32.0 Å². The van der Waals surface area contributed by atoms with Crippen LogP contribution >= 0.6 is 0 Å². The van der Waals surface area contributed by atoms with E-state index in [1.807, 2.05) is 18.2 Å². The summed E-state index contributed by atoms with van der Waals surface area (Å²) in [4.78, 5) is 0. The number of benzene rings is 1. The Balaban J connectivity index is 2.32. The first-order valence-corrected chi connectivity index (χ1v) is 8.88. The van der Waals surface area contributed by atoms with Crippen molar-refractivity contribution >= 4 is 20.7 Å². The van der Waals surface area contributed by atoms with Crippen LogP contribution < -0.4 is 5.32 Å². The van der Waals surface area contributed by atoms with Crippen LogP contribution in [-0.2, 0) is 22.9 Å². The minimum absolute atomic E-state index is 0.196. The van der Waals surface area contributed by atoms with Crippen LogP contribution in [0.25, 0.3) is 10.9 Å². The number of nitrogens with one attached hydrogen (secondary N) is 1. The van der Waals surface area contributed by atoms with Gasteiger partial charge in [-0.05, 0) is 24.1 Å². The van der Waals surface area contributed by atoms with Gasteiger partial charge in [-0.3, -0.25) is 0 Å². The molecule has 0 aliphatic carbocycles. The number of fused-ring (bicyclic) bond motifs is 1. The zero-order valence-corrected chi connectivity index (χ0v) is 12.9. The van der Waals surface area contributed by atoms with Crippen molar-refractivity contribution in [3.8, 4) is 0 Å². The zero-order chi connectivity index (χ0) is 14.6. The minimum Gasteiger partial charge on any atom is -0.342 e. The van der Waals surface area contributed by atoms with Gasteiger partial charge in [0.05, 0.1) is 5.75 Å². The first-order chi connectivity index (χ1) is 9.57. The van der Waals surface area contributed by atoms with Crippen LogP contribution in [0.15, 0.2) is 30.3 Å². The number of para-hydroxylation sites is 1. The van der Waals surface area contributed by atoms with Crippen LogP contribution in [0, 0.1) is 0 Å². The number of aromatic nitrogens is 1. The second-order valence-corrected chi connectivity index (χ2v) is 7.34. The van der Waals surface area contributed by atoms with Gasteiger partial charge in [-0.15, -0.1) is 0 Å². The van der Waals surface area contributed by atoms with Crippen molar-refractivity contribution in [1.29, 1.82) is 0 Å². The van der Waals surface area contributed by atoms with Crippen molar-refractivity contribution < 1.29 is 8.42 Å². The second kappa shape index (κ2) is 6.41. The molecular formula is C15H22N2O2S. The summed E-state index contributed by atoms with van der Waals surface area (Å²) in [6.45, 7) is 5.94. The first kappa shape index (κ1) is 15.1. The molecule has 0 amide bonds. The van der Waals surface area contributed by atoms with Crippen molar-refractivity contribution in [2.24, 2.45) is 0 Å². The van der Waals surface area contributed by atoms with Crippen LogP contribution in [0.2, 0.25) is 0 Å². The summed E-state index contributed by atoms with van der Waals surface area (Å²) in [6, 6.07) is 10.2. The first-order valence-electron chi connectivity index (χ1n) is 7.05. The summed E-state index contributed by atoms with van der Waals surface area (Å²) in [5.74, 6) is 0.399. The molecule has 0 bridgehead atoms. The van der Waals surface area contributed by atoms with Crippen molar-refractivity contribution in [1.82, 2.24) is 9.88 Å². The molecule has 1 aromatic heterocycles. The van der Waals surface area contributed by atoms with E-state index < -0.39 is 9.84 Å². The Morgan fingerprint density at radius 1 is 1.20 bits per heavy atom. The zero-order valence-electron chi connectivity index (χ0n) is 12.1. The lowest BCUT2D eigenvalue weighted by atomic mass is 10.2. The molecule has 1 aromatic carbocycles. The van der Waals surface area contributed by atoms with Gasteiger partial charge in [0.1, 0.15) is 0 Å². The van der Waals surface area contributed by atoms with Gasteiger partial charge in [0, 0.05) is 30.1 Å². The topological polar surface area (TPSA) is 51.1 Å². The number of hydrogen-bond acceptors (Lipinski definition) is 3. The molecule has 1 heterocycles. The maximum absolute atomic E-state index is 11.7. The molecule has 0 fully saturated rings. The molecule has 2 aromatic rings. The summed E-state index contributed by atoms with van der Waals surface area (Å²) in [5, 5.41) is 4.47. The Bertz CT molecular complexity index is 674. The smallest absolute Gasteiger partial charge is 0.151 e. The van der Waals surface area contributed by atoms with Gasteiger partial charge >= 0.3 is 0 Å². The van der Waals surface area contributed by atoms with Crippen LogP contribution in [0.5, 0.6) is 0 Å². The third kappa shape index (κ3) is 3.41. The van der Waals surface area contributed by atoms with Gasteiger partial charge in [0.2, 0.25) is 0 Å². The predicted molar refractivity (Wildman–Crippen MR) is 83.6 cm³/mol. The van der Waals surface area contributed by atoms with E-state index in [1.54, 1.807) is 6.92 Å².